The minimum Gasteiger partial charge on any atom is -0.465 e. The summed E-state index contributed by atoms with van der Waals surface area (Å²) in [5.41, 5.74) is 11.7. The van der Waals surface area contributed by atoms with Crippen molar-refractivity contribution in [1.29, 1.82) is 0 Å². The number of Topliss-reactive ketones (excluding diaryl/α,β-unsaturated/α-hetero) is 2. The molecule has 60 heavy (non-hydrogen) atoms. The third kappa shape index (κ3) is 12.3. The van der Waals surface area contributed by atoms with Crippen LogP contribution in [0.2, 0.25) is 0 Å². The number of rotatable bonds is 18. The van der Waals surface area contributed by atoms with Crippen molar-refractivity contribution in [2.75, 3.05) is 13.2 Å². The minimum absolute atomic E-state index is 0.0517. The van der Waals surface area contributed by atoms with Crippen molar-refractivity contribution in [2.24, 2.45) is 5.73 Å². The third-order valence-electron chi connectivity index (χ3n) is 9.45. The van der Waals surface area contributed by atoms with Crippen molar-refractivity contribution in [3.63, 3.8) is 0 Å². The zero-order chi connectivity index (χ0) is 43.2. The van der Waals surface area contributed by atoms with Gasteiger partial charge >= 0.3 is 5.97 Å². The average molecular weight is 827 g/mol. The highest BCUT2D eigenvalue weighted by molar-refractivity contribution is 5.87. The van der Waals surface area contributed by atoms with E-state index in [2.05, 4.69) is 25.5 Å². The molecule has 0 amide bonds. The van der Waals surface area contributed by atoms with Crippen LogP contribution in [-0.4, -0.2) is 72.3 Å². The van der Waals surface area contributed by atoms with Gasteiger partial charge in [0.25, 0.3) is 0 Å². The van der Waals surface area contributed by atoms with Gasteiger partial charge < -0.3 is 10.5 Å². The van der Waals surface area contributed by atoms with Gasteiger partial charge in [-0.15, -0.1) is 0 Å². The molecule has 0 saturated heterocycles. The summed E-state index contributed by atoms with van der Waals surface area (Å²) in [6.45, 7) is 6.78. The number of carbonyl (C=O) groups is 3. The van der Waals surface area contributed by atoms with Gasteiger partial charge in [-0.1, -0.05) is 12.1 Å². The predicted octanol–water partition coefficient (Wildman–Crippen LogP) is 6.04. The number of aromatic nitrogens is 6. The van der Waals surface area contributed by atoms with E-state index in [-0.39, 0.29) is 50.4 Å². The summed E-state index contributed by atoms with van der Waals surface area (Å²) in [5.74, 6) is -4.71. The SMILES string of the molecule is CCOC(=O)CN[C@@H](Cc1ccc(F)c(F)c1)C(=O)Cc1cc(-c2ccncc2)nn1CC.CCn1nc(-c2ccncc2)cc1CC(=O)[C@@H](N)Cc1ccc(F)c(F)c1. The molecule has 4 aromatic heterocycles. The molecule has 6 rings (SSSR count). The first-order chi connectivity index (χ1) is 28.9. The van der Waals surface area contributed by atoms with Gasteiger partial charge in [-0.3, -0.25) is 39.0 Å². The monoisotopic (exact) mass is 826 g/mol. The van der Waals surface area contributed by atoms with E-state index in [1.54, 1.807) is 41.1 Å². The second-order valence-corrected chi connectivity index (χ2v) is 13.7. The van der Waals surface area contributed by atoms with Crippen LogP contribution in [0.1, 0.15) is 43.3 Å². The molecule has 0 saturated carbocycles. The number of nitrogens with two attached hydrogens (primary N) is 1. The molecule has 0 aliphatic carbocycles. The lowest BCUT2D eigenvalue weighted by atomic mass is 9.99. The number of hydrogen-bond donors (Lipinski definition) is 2. The van der Waals surface area contributed by atoms with E-state index in [4.69, 9.17) is 10.5 Å². The maximum absolute atomic E-state index is 13.7. The first-order valence-electron chi connectivity index (χ1n) is 19.4. The fourth-order valence-electron chi connectivity index (χ4n) is 6.34. The van der Waals surface area contributed by atoms with Crippen LogP contribution in [-0.2, 0) is 57.9 Å². The Bertz CT molecular complexity index is 2370. The van der Waals surface area contributed by atoms with Crippen LogP contribution in [0.25, 0.3) is 22.5 Å². The summed E-state index contributed by atoms with van der Waals surface area (Å²) in [5, 5.41) is 12.0. The van der Waals surface area contributed by atoms with E-state index in [0.29, 0.717) is 29.9 Å². The number of hydrogen-bond acceptors (Lipinski definition) is 10. The summed E-state index contributed by atoms with van der Waals surface area (Å²) < 4.78 is 61.8. The van der Waals surface area contributed by atoms with Gasteiger partial charge in [0.2, 0.25) is 0 Å². The van der Waals surface area contributed by atoms with Crippen LogP contribution in [0.5, 0.6) is 0 Å². The summed E-state index contributed by atoms with van der Waals surface area (Å²) in [7, 11) is 0. The smallest absolute Gasteiger partial charge is 0.319 e. The average Bonchev–Trinajstić information content (AvgIpc) is 3.86. The van der Waals surface area contributed by atoms with Crippen LogP contribution in [0, 0.1) is 23.3 Å². The maximum Gasteiger partial charge on any atom is 0.319 e. The number of halogens is 4. The first-order valence-corrected chi connectivity index (χ1v) is 19.4. The number of esters is 1. The Morgan fingerprint density at radius 3 is 1.57 bits per heavy atom. The van der Waals surface area contributed by atoms with Crippen LogP contribution in [0.15, 0.2) is 97.6 Å². The van der Waals surface area contributed by atoms with Crippen LogP contribution in [0.4, 0.5) is 17.6 Å². The molecule has 12 nitrogen and oxygen atoms in total. The molecule has 0 spiro atoms. The maximum atomic E-state index is 13.7. The Morgan fingerprint density at radius 2 is 1.12 bits per heavy atom. The molecule has 0 aliphatic heterocycles. The number of pyridine rings is 2. The van der Waals surface area contributed by atoms with Crippen LogP contribution < -0.4 is 11.1 Å². The molecule has 2 aromatic carbocycles. The van der Waals surface area contributed by atoms with Crippen molar-refractivity contribution in [3.05, 3.63) is 143 Å². The van der Waals surface area contributed by atoms with Gasteiger partial charge in [0.1, 0.15) is 0 Å². The van der Waals surface area contributed by atoms with Crippen molar-refractivity contribution in [2.45, 2.75) is 71.6 Å². The number of aryl methyl sites for hydroxylation is 2. The number of ether oxygens (including phenoxy) is 1. The number of benzene rings is 2. The van der Waals surface area contributed by atoms with E-state index in [1.165, 1.54) is 12.1 Å². The molecule has 3 N–H and O–H groups in total. The molecular weight excluding hydrogens is 781 g/mol. The highest BCUT2D eigenvalue weighted by atomic mass is 19.2. The van der Waals surface area contributed by atoms with Gasteiger partial charge in [-0.05, 0) is 105 Å². The molecule has 0 aliphatic rings. The van der Waals surface area contributed by atoms with Gasteiger partial charge in [0.15, 0.2) is 34.8 Å². The van der Waals surface area contributed by atoms with E-state index < -0.39 is 41.3 Å². The van der Waals surface area contributed by atoms with Crippen molar-refractivity contribution >= 4 is 17.5 Å². The summed E-state index contributed by atoms with van der Waals surface area (Å²) in [6.07, 6.45) is 7.11. The van der Waals surface area contributed by atoms with Gasteiger partial charge in [-0.25, -0.2) is 17.6 Å². The van der Waals surface area contributed by atoms with Gasteiger partial charge in [0.05, 0.1) is 49.5 Å². The number of nitrogens with zero attached hydrogens (tertiary/aromatic N) is 6. The first kappa shape index (κ1) is 44.7. The molecule has 6 aromatic rings. The topological polar surface area (TPSA) is 160 Å². The van der Waals surface area contributed by atoms with Crippen molar-refractivity contribution in [3.8, 4) is 22.5 Å². The normalized spacial score (nSPS) is 12.0. The van der Waals surface area contributed by atoms with Crippen LogP contribution in [0.3, 0.4) is 0 Å². The zero-order valence-corrected chi connectivity index (χ0v) is 33.5. The Kier molecular flexibility index (Phi) is 16.1. The van der Waals surface area contributed by atoms with E-state index >= 15 is 0 Å². The lowest BCUT2D eigenvalue weighted by Gasteiger charge is -2.18. The number of ketones is 2. The summed E-state index contributed by atoms with van der Waals surface area (Å²) >= 11 is 0. The van der Waals surface area contributed by atoms with Crippen molar-refractivity contribution in [1.82, 2.24) is 34.8 Å². The molecular formula is C44H46F4N8O4. The van der Waals surface area contributed by atoms with E-state index in [0.717, 1.165) is 52.5 Å². The lowest BCUT2D eigenvalue weighted by Crippen LogP contribution is -2.42. The highest BCUT2D eigenvalue weighted by Gasteiger charge is 2.23. The fraction of sp³-hybridized carbons (Fsp3) is 0.295. The molecule has 0 fully saturated rings. The predicted molar refractivity (Wildman–Crippen MR) is 216 cm³/mol. The second-order valence-electron chi connectivity index (χ2n) is 13.7. The molecule has 2 atom stereocenters. The second kappa shape index (κ2) is 21.6. The van der Waals surface area contributed by atoms with Crippen molar-refractivity contribution < 1.29 is 36.7 Å². The van der Waals surface area contributed by atoms with Crippen LogP contribution >= 0.6 is 0 Å². The Morgan fingerprint density at radius 1 is 0.650 bits per heavy atom. The number of carbonyl (C=O) groups excluding carboxylic acids is 3. The Hall–Kier alpha value is -6.39. The Balaban J connectivity index is 0.000000232. The van der Waals surface area contributed by atoms with Gasteiger partial charge in [0, 0.05) is 60.4 Å². The van der Waals surface area contributed by atoms with Gasteiger partial charge in [-0.2, -0.15) is 10.2 Å². The molecule has 0 unspecified atom stereocenters. The standard InChI is InChI=1S/C24H26F2N4O3.C20H20F2N4O/c1-3-30-18(13-21(29-30)17-7-9-27-10-8-17)14-23(31)22(28-15-24(32)33-4-2)12-16-5-6-19(25)20(26)11-16;1-2-26-15(11-19(25-26)14-5-7-24-8-6-14)12-20(27)18(23)10-13-3-4-16(21)17(22)9-13/h5-11,13,22,28H,3-4,12,14-15H2,1-2H3;3-9,11,18H,2,10,12,23H2,1H3/t22-;18-/m00/s1. The largest absolute Gasteiger partial charge is 0.465 e. The quantitative estimate of drug-likeness (QED) is 0.0773. The third-order valence-corrected chi connectivity index (χ3v) is 9.45. The van der Waals surface area contributed by atoms with E-state index in [1.807, 2.05) is 50.2 Å². The minimum atomic E-state index is -0.991. The number of nitrogens with one attached hydrogen (secondary N) is 1. The molecule has 0 bridgehead atoms. The lowest BCUT2D eigenvalue weighted by molar-refractivity contribution is -0.142. The fourth-order valence-corrected chi connectivity index (χ4v) is 6.34. The Labute approximate surface area is 344 Å². The summed E-state index contributed by atoms with van der Waals surface area (Å²) in [6, 6.07) is 16.5. The summed E-state index contributed by atoms with van der Waals surface area (Å²) in [4.78, 5) is 45.6. The molecule has 0 radical (unpaired) electrons. The zero-order valence-electron chi connectivity index (χ0n) is 33.5. The highest BCUT2D eigenvalue weighted by Crippen LogP contribution is 2.21. The molecule has 314 valence electrons. The molecule has 4 heterocycles. The van der Waals surface area contributed by atoms with E-state index in [9.17, 15) is 31.9 Å². The molecule has 16 heteroatoms.